The summed E-state index contributed by atoms with van der Waals surface area (Å²) in [6.45, 7) is 4.21. The maximum atomic E-state index is 11.8. The lowest BCUT2D eigenvalue weighted by molar-refractivity contribution is 0.565. The number of nitrogens with two attached hydrogens (primary N) is 1. The highest BCUT2D eigenvalue weighted by atomic mass is 79.9. The summed E-state index contributed by atoms with van der Waals surface area (Å²) in [7, 11) is -3.61. The summed E-state index contributed by atoms with van der Waals surface area (Å²) in [5, 5.41) is 0. The van der Waals surface area contributed by atoms with Crippen LogP contribution < -0.4 is 15.2 Å². The van der Waals surface area contributed by atoms with Crippen LogP contribution in [0, 0.1) is 5.92 Å². The first-order valence-electron chi connectivity index (χ1n) is 5.23. The van der Waals surface area contributed by atoms with Crippen LogP contribution in [0.15, 0.2) is 21.1 Å². The molecular formula is C10H15Br2N3O2S. The molecule has 5 nitrogen and oxygen atoms in total. The van der Waals surface area contributed by atoms with Crippen molar-refractivity contribution in [3.05, 3.63) is 21.1 Å². The average molecular weight is 401 g/mol. The second-order valence-corrected chi connectivity index (χ2v) is 7.47. The lowest BCUT2D eigenvalue weighted by Gasteiger charge is -2.14. The Kier molecular flexibility index (Phi) is 5.45. The van der Waals surface area contributed by atoms with Crippen molar-refractivity contribution in [1.82, 2.24) is 4.72 Å². The summed E-state index contributed by atoms with van der Waals surface area (Å²) in [6.07, 6.45) is 0. The summed E-state index contributed by atoms with van der Waals surface area (Å²) in [4.78, 5) is 0. The van der Waals surface area contributed by atoms with Crippen molar-refractivity contribution >= 4 is 53.4 Å². The molecular weight excluding hydrogens is 386 g/mol. The summed E-state index contributed by atoms with van der Waals surface area (Å²) in [6, 6.07) is 3.35. The minimum atomic E-state index is -3.61. The van der Waals surface area contributed by atoms with Crippen molar-refractivity contribution in [3.8, 4) is 0 Å². The molecule has 0 aliphatic rings. The van der Waals surface area contributed by atoms with E-state index < -0.39 is 10.2 Å². The van der Waals surface area contributed by atoms with Gasteiger partial charge in [-0.25, -0.2) is 0 Å². The molecule has 0 aliphatic heterocycles. The molecule has 0 bridgehead atoms. The van der Waals surface area contributed by atoms with E-state index in [-0.39, 0.29) is 5.92 Å². The summed E-state index contributed by atoms with van der Waals surface area (Å²) in [5.41, 5.74) is 6.44. The molecule has 1 rings (SSSR count). The van der Waals surface area contributed by atoms with E-state index in [4.69, 9.17) is 5.73 Å². The molecule has 0 spiro atoms. The topological polar surface area (TPSA) is 84.2 Å². The van der Waals surface area contributed by atoms with Crippen LogP contribution in [-0.2, 0) is 10.2 Å². The molecule has 0 aromatic heterocycles. The smallest absolute Gasteiger partial charge is 0.299 e. The van der Waals surface area contributed by atoms with Gasteiger partial charge in [0.1, 0.15) is 0 Å². The maximum Gasteiger partial charge on any atom is 0.299 e. The second-order valence-electron chi connectivity index (χ2n) is 4.20. The monoisotopic (exact) mass is 399 g/mol. The zero-order chi connectivity index (χ0) is 13.9. The lowest BCUT2D eigenvalue weighted by Crippen LogP contribution is -2.33. The minimum absolute atomic E-state index is 0.229. The molecule has 0 aliphatic carbocycles. The molecule has 0 unspecified atom stereocenters. The molecule has 0 saturated carbocycles. The van der Waals surface area contributed by atoms with Crippen LogP contribution in [0.5, 0.6) is 0 Å². The van der Waals surface area contributed by atoms with E-state index in [1.54, 1.807) is 12.1 Å². The number of nitrogens with one attached hydrogen (secondary N) is 2. The zero-order valence-electron chi connectivity index (χ0n) is 10.00. The van der Waals surface area contributed by atoms with E-state index in [2.05, 4.69) is 41.3 Å². The number of benzene rings is 1. The molecule has 18 heavy (non-hydrogen) atoms. The first-order chi connectivity index (χ1) is 8.21. The van der Waals surface area contributed by atoms with Crippen molar-refractivity contribution in [2.45, 2.75) is 13.8 Å². The molecule has 0 atom stereocenters. The predicted molar refractivity (Wildman–Crippen MR) is 81.6 cm³/mol. The Bertz CT molecular complexity index is 509. The summed E-state index contributed by atoms with van der Waals surface area (Å²) < 4.78 is 29.8. The number of rotatable bonds is 5. The van der Waals surface area contributed by atoms with Gasteiger partial charge < -0.3 is 5.73 Å². The molecule has 4 N–H and O–H groups in total. The van der Waals surface area contributed by atoms with Gasteiger partial charge in [0.25, 0.3) is 10.2 Å². The second kappa shape index (κ2) is 6.23. The third-order valence-electron chi connectivity index (χ3n) is 2.00. The van der Waals surface area contributed by atoms with Crippen molar-refractivity contribution < 1.29 is 8.42 Å². The molecule has 1 aromatic carbocycles. The van der Waals surface area contributed by atoms with E-state index in [9.17, 15) is 8.42 Å². The molecule has 102 valence electrons. The maximum absolute atomic E-state index is 11.8. The van der Waals surface area contributed by atoms with Gasteiger partial charge in [-0.3, -0.25) is 4.72 Å². The molecule has 8 heteroatoms. The van der Waals surface area contributed by atoms with Crippen LogP contribution >= 0.6 is 31.9 Å². The van der Waals surface area contributed by atoms with E-state index in [0.29, 0.717) is 22.4 Å². The summed E-state index contributed by atoms with van der Waals surface area (Å²) in [5.74, 6) is 0.229. The van der Waals surface area contributed by atoms with Crippen LogP contribution in [0.1, 0.15) is 13.8 Å². The minimum Gasteiger partial charge on any atom is -0.397 e. The molecule has 0 amide bonds. The van der Waals surface area contributed by atoms with Gasteiger partial charge in [-0.15, -0.1) is 0 Å². The van der Waals surface area contributed by atoms with Gasteiger partial charge in [0.2, 0.25) is 0 Å². The van der Waals surface area contributed by atoms with Crippen molar-refractivity contribution in [1.29, 1.82) is 0 Å². The largest absolute Gasteiger partial charge is 0.397 e. The number of anilines is 2. The fraction of sp³-hybridized carbons (Fsp3) is 0.400. The first-order valence-corrected chi connectivity index (χ1v) is 8.30. The highest BCUT2D eigenvalue weighted by Crippen LogP contribution is 2.32. The molecule has 1 aromatic rings. The van der Waals surface area contributed by atoms with Crippen LogP contribution in [0.3, 0.4) is 0 Å². The van der Waals surface area contributed by atoms with Gasteiger partial charge in [0, 0.05) is 15.5 Å². The van der Waals surface area contributed by atoms with E-state index in [1.165, 1.54) is 0 Å². The normalized spacial score (nSPS) is 11.8. The molecule has 0 saturated heterocycles. The highest BCUT2D eigenvalue weighted by Gasteiger charge is 2.15. The lowest BCUT2D eigenvalue weighted by atomic mass is 10.2. The van der Waals surface area contributed by atoms with E-state index >= 15 is 0 Å². The Hall–Kier alpha value is -0.310. The van der Waals surface area contributed by atoms with Crippen LogP contribution in [0.25, 0.3) is 0 Å². The molecule has 0 fully saturated rings. The zero-order valence-corrected chi connectivity index (χ0v) is 14.0. The first kappa shape index (κ1) is 15.7. The van der Waals surface area contributed by atoms with Gasteiger partial charge in [-0.1, -0.05) is 29.8 Å². The molecule has 0 radical (unpaired) electrons. The molecule has 0 heterocycles. The predicted octanol–water partition coefficient (Wildman–Crippen LogP) is 2.70. The Morgan fingerprint density at radius 1 is 1.33 bits per heavy atom. The van der Waals surface area contributed by atoms with Gasteiger partial charge in [-0.05, 0) is 34.0 Å². The Labute approximate surface area is 124 Å². The standard InChI is InChI=1S/C10H15Br2N3O2S/c1-6(2)5-14-18(16,17)15-10-8(12)3-7(11)4-9(10)13/h3-4,6,14-15H,5,13H2,1-2H3. The van der Waals surface area contributed by atoms with Crippen LogP contribution in [-0.4, -0.2) is 15.0 Å². The Morgan fingerprint density at radius 2 is 1.94 bits per heavy atom. The SMILES string of the molecule is CC(C)CNS(=O)(=O)Nc1c(N)cc(Br)cc1Br. The fourth-order valence-corrected chi connectivity index (χ4v) is 3.76. The number of halogens is 2. The van der Waals surface area contributed by atoms with Crippen molar-refractivity contribution in [2.75, 3.05) is 17.0 Å². The Balaban J connectivity index is 2.91. The van der Waals surface area contributed by atoms with Gasteiger partial charge >= 0.3 is 0 Å². The quantitative estimate of drug-likeness (QED) is 0.664. The number of hydrogen-bond donors (Lipinski definition) is 3. The van der Waals surface area contributed by atoms with Gasteiger partial charge in [0.05, 0.1) is 11.4 Å². The third-order valence-corrected chi connectivity index (χ3v) is 4.11. The Morgan fingerprint density at radius 3 is 2.44 bits per heavy atom. The van der Waals surface area contributed by atoms with Crippen molar-refractivity contribution in [3.63, 3.8) is 0 Å². The fourth-order valence-electron chi connectivity index (χ4n) is 1.15. The number of nitrogen functional groups attached to an aromatic ring is 1. The third kappa shape index (κ3) is 4.75. The van der Waals surface area contributed by atoms with Crippen molar-refractivity contribution in [2.24, 2.45) is 5.92 Å². The van der Waals surface area contributed by atoms with E-state index in [1.807, 2.05) is 13.8 Å². The van der Waals surface area contributed by atoms with Crippen LogP contribution in [0.4, 0.5) is 11.4 Å². The van der Waals surface area contributed by atoms with E-state index in [0.717, 1.165) is 4.47 Å². The van der Waals surface area contributed by atoms with Gasteiger partial charge in [-0.2, -0.15) is 13.1 Å². The average Bonchev–Trinajstić information content (AvgIpc) is 2.21. The van der Waals surface area contributed by atoms with Gasteiger partial charge in [0.15, 0.2) is 0 Å². The summed E-state index contributed by atoms with van der Waals surface area (Å²) >= 11 is 6.54. The highest BCUT2D eigenvalue weighted by molar-refractivity contribution is 9.11. The number of hydrogen-bond acceptors (Lipinski definition) is 3. The van der Waals surface area contributed by atoms with Crippen LogP contribution in [0.2, 0.25) is 0 Å².